The molecule has 5 N–H and O–H groups in total. The Morgan fingerprint density at radius 1 is 1.50 bits per heavy atom. The summed E-state index contributed by atoms with van der Waals surface area (Å²) in [7, 11) is 0. The maximum Gasteiger partial charge on any atom is 0.251 e. The average molecular weight is 411 g/mol. The lowest BCUT2D eigenvalue weighted by molar-refractivity contribution is -0.131. The Kier molecular flexibility index (Phi) is 6.24. The number of nitrogens with zero attached hydrogens (tertiary/aromatic N) is 3. The number of carbonyl (C=O) groups is 1. The molecule has 0 radical (unpaired) electrons. The number of aliphatic hydroxyl groups is 2. The first-order valence-electron chi connectivity index (χ1n) is 8.29. The van der Waals surface area contributed by atoms with E-state index in [0.29, 0.717) is 22.8 Å². The molecule has 0 aliphatic heterocycles. The number of halogens is 1. The van der Waals surface area contributed by atoms with E-state index in [-0.39, 0.29) is 23.1 Å². The maximum atomic E-state index is 13.4. The second kappa shape index (κ2) is 8.65. The molecule has 1 aliphatic carbocycles. The van der Waals surface area contributed by atoms with Crippen molar-refractivity contribution in [2.45, 2.75) is 23.6 Å². The number of hydrogen-bond acceptors (Lipinski definition) is 9. The molecule has 1 amide bonds. The van der Waals surface area contributed by atoms with Gasteiger partial charge in [0.25, 0.3) is 5.91 Å². The Balaban J connectivity index is 1.57. The highest BCUT2D eigenvalue weighted by atomic mass is 32.2. The first kappa shape index (κ1) is 20.2. The van der Waals surface area contributed by atoms with Crippen LogP contribution in [0.5, 0.6) is 0 Å². The Morgan fingerprint density at radius 3 is 3.04 bits per heavy atom. The van der Waals surface area contributed by atoms with Crippen LogP contribution in [0.25, 0.3) is 0 Å². The van der Waals surface area contributed by atoms with Crippen molar-refractivity contribution in [3.63, 3.8) is 0 Å². The van der Waals surface area contributed by atoms with Crippen molar-refractivity contribution >= 4 is 23.5 Å². The van der Waals surface area contributed by atoms with Crippen LogP contribution < -0.4 is 5.32 Å². The molecule has 12 heteroatoms. The third-order valence-corrected chi connectivity index (χ3v) is 5.15. The van der Waals surface area contributed by atoms with E-state index in [4.69, 9.17) is 15.6 Å². The summed E-state index contributed by atoms with van der Waals surface area (Å²) in [4.78, 5) is 11.4. The van der Waals surface area contributed by atoms with Gasteiger partial charge in [0.15, 0.2) is 22.7 Å². The Labute approximate surface area is 162 Å². The number of hydrogen-bond donors (Lipinski definition) is 5. The minimum absolute atomic E-state index is 0.0130. The van der Waals surface area contributed by atoms with Crippen molar-refractivity contribution in [1.29, 1.82) is 5.41 Å². The normalized spacial score (nSPS) is 16.1. The van der Waals surface area contributed by atoms with Crippen LogP contribution >= 0.6 is 11.8 Å². The van der Waals surface area contributed by atoms with Crippen LogP contribution in [-0.4, -0.2) is 67.5 Å². The standard InChI is InChI=1S/C16H18FN5O5S/c17-9-2-1-8-5-11(10(8)6-9)22(26)14(18)13-16(21-27-20-13)28-4-3-19-15(25)12(24)7-23/h1-2,6,11-12,18,23-24,26H,3-5,7H2,(H,19,25)/t11-,12?/m0/s1. The van der Waals surface area contributed by atoms with Gasteiger partial charge >= 0.3 is 0 Å². The first-order chi connectivity index (χ1) is 13.4. The topological polar surface area (TPSA) is 156 Å². The fraction of sp³-hybridized carbons (Fsp3) is 0.375. The molecule has 3 rings (SSSR count). The third-order valence-electron chi connectivity index (χ3n) is 4.20. The van der Waals surface area contributed by atoms with Gasteiger partial charge in [-0.2, -0.15) is 0 Å². The molecule has 1 unspecified atom stereocenters. The number of amidine groups is 1. The van der Waals surface area contributed by atoms with E-state index < -0.39 is 30.5 Å². The Morgan fingerprint density at radius 2 is 2.29 bits per heavy atom. The molecule has 0 spiro atoms. The van der Waals surface area contributed by atoms with Crippen molar-refractivity contribution in [3.8, 4) is 0 Å². The van der Waals surface area contributed by atoms with E-state index in [9.17, 15) is 14.4 Å². The van der Waals surface area contributed by atoms with E-state index in [1.54, 1.807) is 6.07 Å². The van der Waals surface area contributed by atoms with Crippen molar-refractivity contribution in [2.75, 3.05) is 18.9 Å². The summed E-state index contributed by atoms with van der Waals surface area (Å²) in [5.74, 6) is -1.15. The van der Waals surface area contributed by atoms with Crippen molar-refractivity contribution in [2.24, 2.45) is 0 Å². The van der Waals surface area contributed by atoms with E-state index >= 15 is 0 Å². The number of carbonyl (C=O) groups excluding carboxylic acids is 1. The number of hydroxylamine groups is 2. The monoisotopic (exact) mass is 411 g/mol. The highest BCUT2D eigenvalue weighted by Gasteiger charge is 2.35. The molecule has 0 fully saturated rings. The summed E-state index contributed by atoms with van der Waals surface area (Å²) in [6.45, 7) is -0.508. The largest absolute Gasteiger partial charge is 0.393 e. The first-order valence-corrected chi connectivity index (χ1v) is 9.28. The predicted molar refractivity (Wildman–Crippen MR) is 94.4 cm³/mol. The molecule has 150 valence electrons. The van der Waals surface area contributed by atoms with Crippen LogP contribution in [0.3, 0.4) is 0 Å². The molecule has 2 aromatic rings. The zero-order valence-corrected chi connectivity index (χ0v) is 15.3. The SMILES string of the molecule is N=C(c1nonc1SCCNC(=O)C(O)CO)N(O)[C@H]1Cc2ccc(F)cc21. The smallest absolute Gasteiger partial charge is 0.251 e. The summed E-state index contributed by atoms with van der Waals surface area (Å²) in [6, 6.07) is 3.74. The molecule has 0 saturated heterocycles. The number of aromatic nitrogens is 2. The molecule has 1 aromatic carbocycles. The quantitative estimate of drug-likeness (QED) is 0.133. The summed E-state index contributed by atoms with van der Waals surface area (Å²) >= 11 is 1.12. The molecule has 0 bridgehead atoms. The Hall–Kier alpha value is -2.54. The zero-order valence-electron chi connectivity index (χ0n) is 14.5. The van der Waals surface area contributed by atoms with Gasteiger partial charge in [-0.1, -0.05) is 17.8 Å². The van der Waals surface area contributed by atoms with Gasteiger partial charge in [-0.15, -0.1) is 0 Å². The molecule has 1 aromatic heterocycles. The summed E-state index contributed by atoms with van der Waals surface area (Å²) in [6.07, 6.45) is -1.03. The summed E-state index contributed by atoms with van der Waals surface area (Å²) < 4.78 is 18.1. The van der Waals surface area contributed by atoms with Gasteiger partial charge in [-0.3, -0.25) is 15.4 Å². The van der Waals surface area contributed by atoms with Gasteiger partial charge in [-0.25, -0.2) is 14.1 Å². The fourth-order valence-electron chi connectivity index (χ4n) is 2.67. The van der Waals surface area contributed by atoms with Gasteiger partial charge in [-0.05, 0) is 40.0 Å². The van der Waals surface area contributed by atoms with Crippen molar-refractivity contribution in [1.82, 2.24) is 20.7 Å². The van der Waals surface area contributed by atoms with E-state index in [0.717, 1.165) is 17.3 Å². The van der Waals surface area contributed by atoms with Gasteiger partial charge < -0.3 is 15.5 Å². The van der Waals surface area contributed by atoms with Gasteiger partial charge in [0.1, 0.15) is 5.82 Å². The highest BCUT2D eigenvalue weighted by Crippen LogP contribution is 2.38. The summed E-state index contributed by atoms with van der Waals surface area (Å²) in [5, 5.41) is 47.1. The van der Waals surface area contributed by atoms with Crippen LogP contribution in [0.4, 0.5) is 4.39 Å². The predicted octanol–water partition coefficient (Wildman–Crippen LogP) is 0.0842. The van der Waals surface area contributed by atoms with Crippen LogP contribution in [0, 0.1) is 11.2 Å². The molecular formula is C16H18FN5O5S. The van der Waals surface area contributed by atoms with Gasteiger partial charge in [0, 0.05) is 12.3 Å². The minimum Gasteiger partial charge on any atom is -0.393 e. The van der Waals surface area contributed by atoms with Gasteiger partial charge in [0.05, 0.1) is 12.6 Å². The lowest BCUT2D eigenvalue weighted by Crippen LogP contribution is -2.38. The number of thioether (sulfide) groups is 1. The minimum atomic E-state index is -1.49. The molecule has 10 nitrogen and oxygen atoms in total. The number of benzene rings is 1. The van der Waals surface area contributed by atoms with Crippen LogP contribution in [0.15, 0.2) is 27.9 Å². The highest BCUT2D eigenvalue weighted by molar-refractivity contribution is 7.99. The fourth-order valence-corrected chi connectivity index (χ4v) is 3.43. The van der Waals surface area contributed by atoms with E-state index in [1.165, 1.54) is 12.1 Å². The van der Waals surface area contributed by atoms with Crippen molar-refractivity contribution in [3.05, 3.63) is 40.8 Å². The zero-order chi connectivity index (χ0) is 20.3. The average Bonchev–Trinajstić information content (AvgIpc) is 3.14. The number of fused-ring (bicyclic) bond motifs is 1. The molecule has 2 atom stereocenters. The van der Waals surface area contributed by atoms with E-state index in [2.05, 4.69) is 20.3 Å². The number of nitrogens with one attached hydrogen (secondary N) is 2. The molecule has 1 heterocycles. The molecular weight excluding hydrogens is 393 g/mol. The van der Waals surface area contributed by atoms with Crippen LogP contribution in [0.1, 0.15) is 22.9 Å². The number of amides is 1. The van der Waals surface area contributed by atoms with Crippen LogP contribution in [0.2, 0.25) is 0 Å². The van der Waals surface area contributed by atoms with Gasteiger partial charge in [0.2, 0.25) is 0 Å². The van der Waals surface area contributed by atoms with Crippen LogP contribution in [-0.2, 0) is 11.2 Å². The summed E-state index contributed by atoms with van der Waals surface area (Å²) in [5.41, 5.74) is 1.51. The Bertz CT molecular complexity index is 879. The maximum absolute atomic E-state index is 13.4. The molecule has 0 saturated carbocycles. The third kappa shape index (κ3) is 4.14. The molecule has 1 aliphatic rings. The second-order valence-electron chi connectivity index (χ2n) is 6.01. The van der Waals surface area contributed by atoms with Crippen molar-refractivity contribution < 1.29 is 29.2 Å². The number of aliphatic hydroxyl groups excluding tert-OH is 2. The number of rotatable bonds is 8. The lowest BCUT2D eigenvalue weighted by atomic mass is 9.83. The molecule has 28 heavy (non-hydrogen) atoms. The second-order valence-corrected chi connectivity index (χ2v) is 7.10. The van der Waals surface area contributed by atoms with E-state index in [1.807, 2.05) is 0 Å². The lowest BCUT2D eigenvalue weighted by Gasteiger charge is -2.36.